The number of aromatic hydroxyl groups is 1. The normalized spacial score (nSPS) is 12.1. The first-order valence-corrected chi connectivity index (χ1v) is 8.31. The van der Waals surface area contributed by atoms with E-state index >= 15 is 0 Å². The van der Waals surface area contributed by atoms with Gasteiger partial charge in [0.1, 0.15) is 11.6 Å². The van der Waals surface area contributed by atoms with Crippen LogP contribution < -0.4 is 11.1 Å². The number of nitrogens with zero attached hydrogens (tertiary/aromatic N) is 1. The van der Waals surface area contributed by atoms with Crippen LogP contribution in [-0.4, -0.2) is 16.0 Å². The minimum absolute atomic E-state index is 0.248. The smallest absolute Gasteiger partial charge is 0.255 e. The van der Waals surface area contributed by atoms with Gasteiger partial charge in [-0.3, -0.25) is 4.79 Å². The average molecular weight is 341 g/mol. The lowest BCUT2D eigenvalue weighted by Crippen LogP contribution is -2.21. The summed E-state index contributed by atoms with van der Waals surface area (Å²) >= 11 is 0. The van der Waals surface area contributed by atoms with Gasteiger partial charge >= 0.3 is 0 Å². The number of carbonyl (C=O) groups excluding carboxylic acids is 1. The monoisotopic (exact) mass is 341 g/mol. The summed E-state index contributed by atoms with van der Waals surface area (Å²) in [7, 11) is 0. The highest BCUT2D eigenvalue weighted by Gasteiger charge is 2.27. The van der Waals surface area contributed by atoms with Crippen molar-refractivity contribution in [2.75, 3.05) is 11.1 Å². The Labute approximate surface area is 149 Å². The Balaban J connectivity index is 2.54. The lowest BCUT2D eigenvalue weighted by Gasteiger charge is -2.28. The molecule has 1 heterocycles. The topological polar surface area (TPSA) is 88.2 Å². The number of amides is 1. The van der Waals surface area contributed by atoms with Gasteiger partial charge < -0.3 is 16.2 Å². The Morgan fingerprint density at radius 1 is 1.08 bits per heavy atom. The van der Waals surface area contributed by atoms with E-state index < -0.39 is 0 Å². The number of benzene rings is 1. The largest absolute Gasteiger partial charge is 0.507 e. The molecule has 5 nitrogen and oxygen atoms in total. The number of nitrogens with two attached hydrogens (primary N) is 1. The molecule has 2 aromatic rings. The van der Waals surface area contributed by atoms with E-state index in [1.807, 2.05) is 41.5 Å². The molecule has 2 rings (SSSR count). The molecule has 1 aromatic carbocycles. The molecular weight excluding hydrogens is 314 g/mol. The lowest BCUT2D eigenvalue weighted by atomic mass is 9.78. The summed E-state index contributed by atoms with van der Waals surface area (Å²) < 4.78 is 0. The Bertz CT molecular complexity index is 764. The number of nitrogen functional groups attached to an aromatic ring is 1. The summed E-state index contributed by atoms with van der Waals surface area (Å²) in [6.45, 7) is 12.1. The number of rotatable bonds is 2. The maximum atomic E-state index is 12.8. The van der Waals surface area contributed by atoms with Gasteiger partial charge in [-0.25, -0.2) is 4.98 Å². The van der Waals surface area contributed by atoms with Gasteiger partial charge in [-0.1, -0.05) is 41.5 Å². The van der Waals surface area contributed by atoms with Crippen molar-refractivity contribution in [1.29, 1.82) is 0 Å². The van der Waals surface area contributed by atoms with Gasteiger partial charge in [0.15, 0.2) is 0 Å². The first-order valence-electron chi connectivity index (χ1n) is 8.31. The van der Waals surface area contributed by atoms with Crippen molar-refractivity contribution in [2.24, 2.45) is 0 Å². The van der Waals surface area contributed by atoms with Crippen molar-refractivity contribution in [3.05, 3.63) is 47.2 Å². The van der Waals surface area contributed by atoms with Crippen molar-refractivity contribution in [3.63, 3.8) is 0 Å². The second-order valence-electron chi connectivity index (χ2n) is 8.31. The Morgan fingerprint density at radius 3 is 2.04 bits per heavy atom. The number of pyridine rings is 1. The molecule has 0 spiro atoms. The number of phenols is 1. The third kappa shape index (κ3) is 4.10. The third-order valence-corrected chi connectivity index (χ3v) is 4.07. The molecule has 1 aromatic heterocycles. The highest BCUT2D eigenvalue weighted by molar-refractivity contribution is 6.06. The van der Waals surface area contributed by atoms with Gasteiger partial charge in [0, 0.05) is 22.9 Å². The summed E-state index contributed by atoms with van der Waals surface area (Å²) in [6, 6.07) is 6.90. The second-order valence-corrected chi connectivity index (χ2v) is 8.31. The number of anilines is 2. The number of aromatic nitrogens is 1. The van der Waals surface area contributed by atoms with E-state index in [1.165, 1.54) is 0 Å². The minimum Gasteiger partial charge on any atom is -0.507 e. The van der Waals surface area contributed by atoms with Crippen molar-refractivity contribution in [3.8, 4) is 5.75 Å². The van der Waals surface area contributed by atoms with E-state index in [0.29, 0.717) is 11.3 Å². The van der Waals surface area contributed by atoms with Gasteiger partial charge in [-0.15, -0.1) is 0 Å². The number of hydrogen-bond donors (Lipinski definition) is 3. The fourth-order valence-electron chi connectivity index (χ4n) is 2.63. The molecule has 0 aliphatic carbocycles. The number of phenolic OH excluding ortho intramolecular Hbond substituents is 1. The molecule has 4 N–H and O–H groups in total. The summed E-state index contributed by atoms with van der Waals surface area (Å²) in [5.41, 5.74) is 7.64. The van der Waals surface area contributed by atoms with Gasteiger partial charge in [0.25, 0.3) is 5.91 Å². The Kier molecular flexibility index (Phi) is 4.80. The fourth-order valence-corrected chi connectivity index (χ4v) is 2.63. The SMILES string of the molecule is CC(C)(C)c1cc(C(=O)Nc2cccnc2N)cc(C(C)(C)C)c1O. The van der Waals surface area contributed by atoms with E-state index in [-0.39, 0.29) is 28.3 Å². The molecule has 5 heteroatoms. The van der Waals surface area contributed by atoms with E-state index in [1.54, 1.807) is 30.5 Å². The highest BCUT2D eigenvalue weighted by atomic mass is 16.3. The van der Waals surface area contributed by atoms with E-state index in [0.717, 1.165) is 11.1 Å². The van der Waals surface area contributed by atoms with Gasteiger partial charge in [-0.05, 0) is 35.1 Å². The third-order valence-electron chi connectivity index (χ3n) is 4.07. The van der Waals surface area contributed by atoms with Crippen molar-refractivity contribution in [2.45, 2.75) is 52.4 Å². The first kappa shape index (κ1) is 18.8. The maximum absolute atomic E-state index is 12.8. The standard InChI is InChI=1S/C20H27N3O2/c1-19(2,3)13-10-12(11-14(16(13)24)20(4,5)6)18(25)23-15-8-7-9-22-17(15)21/h7-11,24H,1-6H3,(H2,21,22)(H,23,25). The summed E-state index contributed by atoms with van der Waals surface area (Å²) in [5.74, 6) is 0.231. The fraction of sp³-hybridized carbons (Fsp3) is 0.400. The molecule has 0 aliphatic heterocycles. The number of nitrogens with one attached hydrogen (secondary N) is 1. The molecule has 0 atom stereocenters. The van der Waals surface area contributed by atoms with E-state index in [4.69, 9.17) is 5.73 Å². The minimum atomic E-state index is -0.298. The van der Waals surface area contributed by atoms with Gasteiger partial charge in [-0.2, -0.15) is 0 Å². The quantitative estimate of drug-likeness (QED) is 0.763. The van der Waals surface area contributed by atoms with Crippen molar-refractivity contribution < 1.29 is 9.90 Å². The second kappa shape index (κ2) is 6.39. The molecule has 0 radical (unpaired) electrons. The lowest BCUT2D eigenvalue weighted by molar-refractivity contribution is 0.102. The van der Waals surface area contributed by atoms with Gasteiger partial charge in [0.2, 0.25) is 0 Å². The molecule has 0 fully saturated rings. The Morgan fingerprint density at radius 2 is 1.60 bits per heavy atom. The van der Waals surface area contributed by atoms with Crippen molar-refractivity contribution >= 4 is 17.4 Å². The molecular formula is C20H27N3O2. The van der Waals surface area contributed by atoms with Crippen molar-refractivity contribution in [1.82, 2.24) is 4.98 Å². The van der Waals surface area contributed by atoms with Crippen LogP contribution in [0.25, 0.3) is 0 Å². The predicted octanol–water partition coefficient (Wildman–Crippen LogP) is 4.22. The van der Waals surface area contributed by atoms with E-state index in [2.05, 4.69) is 10.3 Å². The summed E-state index contributed by atoms with van der Waals surface area (Å²) in [6.07, 6.45) is 1.57. The molecule has 0 saturated carbocycles. The summed E-state index contributed by atoms with van der Waals surface area (Å²) in [5, 5.41) is 13.5. The van der Waals surface area contributed by atoms with Crippen LogP contribution in [0.4, 0.5) is 11.5 Å². The van der Waals surface area contributed by atoms with Crippen LogP contribution in [0.1, 0.15) is 63.0 Å². The zero-order valence-corrected chi connectivity index (χ0v) is 15.8. The number of carbonyl (C=O) groups is 1. The zero-order valence-electron chi connectivity index (χ0n) is 15.8. The highest BCUT2D eigenvalue weighted by Crippen LogP contribution is 2.39. The molecule has 25 heavy (non-hydrogen) atoms. The summed E-state index contributed by atoms with van der Waals surface area (Å²) in [4.78, 5) is 16.7. The molecule has 0 unspecified atom stereocenters. The number of hydrogen-bond acceptors (Lipinski definition) is 4. The molecule has 1 amide bonds. The van der Waals surface area contributed by atoms with Crippen LogP contribution in [0.15, 0.2) is 30.5 Å². The van der Waals surface area contributed by atoms with Crippen LogP contribution in [0.3, 0.4) is 0 Å². The van der Waals surface area contributed by atoms with Crippen LogP contribution >= 0.6 is 0 Å². The molecule has 0 saturated heterocycles. The zero-order chi connectivity index (χ0) is 19.0. The molecule has 0 aliphatic rings. The predicted molar refractivity (Wildman–Crippen MR) is 102 cm³/mol. The molecule has 134 valence electrons. The van der Waals surface area contributed by atoms with Crippen LogP contribution in [0, 0.1) is 0 Å². The van der Waals surface area contributed by atoms with Gasteiger partial charge in [0.05, 0.1) is 5.69 Å². The van der Waals surface area contributed by atoms with Crippen LogP contribution in [-0.2, 0) is 10.8 Å². The first-order chi connectivity index (χ1) is 11.4. The Hall–Kier alpha value is -2.56. The molecule has 0 bridgehead atoms. The van der Waals surface area contributed by atoms with E-state index in [9.17, 15) is 9.90 Å². The van der Waals surface area contributed by atoms with Crippen LogP contribution in [0.2, 0.25) is 0 Å². The maximum Gasteiger partial charge on any atom is 0.255 e. The average Bonchev–Trinajstić information content (AvgIpc) is 2.47. The van der Waals surface area contributed by atoms with Crippen LogP contribution in [0.5, 0.6) is 5.75 Å².